The first kappa shape index (κ1) is 32.1. The molecule has 2 heteroatoms. The molecule has 0 atom stereocenters. The zero-order valence-corrected chi connectivity index (χ0v) is 24.9. The number of nitrogens with one attached hydrogen (secondary N) is 1. The Hall–Kier alpha value is -1.90. The quantitative estimate of drug-likeness (QED) is 0.333. The topological polar surface area (TPSA) is 15.3 Å². The number of hydrogen-bond acceptors (Lipinski definition) is 2. The Morgan fingerprint density at radius 1 is 0.972 bits per heavy atom. The summed E-state index contributed by atoms with van der Waals surface area (Å²) in [5, 5.41) is 3.74. The second kappa shape index (κ2) is 19.2. The molecule has 2 aromatic carbocycles. The molecular formula is C34H56N2. The number of rotatable bonds is 10. The molecule has 0 saturated carbocycles. The number of benzene rings is 2. The van der Waals surface area contributed by atoms with Gasteiger partial charge in [-0.05, 0) is 87.7 Å². The average Bonchev–Trinajstić information content (AvgIpc) is 2.88. The Kier molecular flexibility index (Phi) is 17.2. The number of likely N-dealkylation sites (tertiary alicyclic amines) is 1. The zero-order valence-electron chi connectivity index (χ0n) is 24.9. The van der Waals surface area contributed by atoms with E-state index in [-0.39, 0.29) is 0 Å². The van der Waals surface area contributed by atoms with Gasteiger partial charge < -0.3 is 10.2 Å². The van der Waals surface area contributed by atoms with Crippen molar-refractivity contribution in [3.05, 3.63) is 70.8 Å². The van der Waals surface area contributed by atoms with Crippen molar-refractivity contribution in [3.8, 4) is 0 Å². The zero-order chi connectivity index (χ0) is 26.8. The minimum atomic E-state index is 0.758. The highest BCUT2D eigenvalue weighted by Gasteiger charge is 2.15. The Balaban J connectivity index is 0.000000337. The molecule has 3 rings (SSSR count). The Morgan fingerprint density at radius 2 is 1.61 bits per heavy atom. The molecule has 1 N–H and O–H groups in total. The van der Waals surface area contributed by atoms with Crippen LogP contribution in [0.25, 0.3) is 11.6 Å². The summed E-state index contributed by atoms with van der Waals surface area (Å²) in [6.45, 7) is 22.5. The van der Waals surface area contributed by atoms with Gasteiger partial charge in [0.15, 0.2) is 0 Å². The summed E-state index contributed by atoms with van der Waals surface area (Å²) >= 11 is 0. The predicted octanol–water partition coefficient (Wildman–Crippen LogP) is 9.17. The second-order valence-electron chi connectivity index (χ2n) is 10.3. The molecule has 1 heterocycles. The van der Waals surface area contributed by atoms with E-state index in [1.54, 1.807) is 0 Å². The first-order valence-corrected chi connectivity index (χ1v) is 14.7. The summed E-state index contributed by atoms with van der Waals surface area (Å²) in [6, 6.07) is 17.9. The van der Waals surface area contributed by atoms with Crippen molar-refractivity contribution in [1.82, 2.24) is 10.2 Å². The SMILES string of the molecule is C/C(=C\c1ccccc1C)c1cccc(C)c1.CC.CCCC(CCC)NCCN1CCC(C)CC1. The molecule has 1 fully saturated rings. The van der Waals surface area contributed by atoms with Crippen LogP contribution in [0.2, 0.25) is 0 Å². The molecule has 0 radical (unpaired) electrons. The highest BCUT2D eigenvalue weighted by Crippen LogP contribution is 2.20. The van der Waals surface area contributed by atoms with Crippen molar-refractivity contribution >= 4 is 11.6 Å². The van der Waals surface area contributed by atoms with Crippen molar-refractivity contribution in [2.45, 2.75) is 100.0 Å². The lowest BCUT2D eigenvalue weighted by Crippen LogP contribution is -2.40. The Bertz CT molecular complexity index is 840. The van der Waals surface area contributed by atoms with E-state index in [0.29, 0.717) is 0 Å². The fraction of sp³-hybridized carbons (Fsp3) is 0.588. The maximum Gasteiger partial charge on any atom is 0.0107 e. The summed E-state index contributed by atoms with van der Waals surface area (Å²) in [5.74, 6) is 0.951. The molecule has 1 aliphatic heterocycles. The molecule has 2 nitrogen and oxygen atoms in total. The predicted molar refractivity (Wildman–Crippen MR) is 164 cm³/mol. The maximum atomic E-state index is 3.74. The van der Waals surface area contributed by atoms with Crippen LogP contribution in [0, 0.1) is 19.8 Å². The fourth-order valence-corrected chi connectivity index (χ4v) is 4.71. The van der Waals surface area contributed by atoms with Gasteiger partial charge in [-0.2, -0.15) is 0 Å². The molecule has 0 aromatic heterocycles. The van der Waals surface area contributed by atoms with E-state index in [0.717, 1.165) is 12.0 Å². The third-order valence-corrected chi connectivity index (χ3v) is 7.05. The van der Waals surface area contributed by atoms with Crippen molar-refractivity contribution < 1.29 is 0 Å². The van der Waals surface area contributed by atoms with Crippen LogP contribution in [0.15, 0.2) is 48.5 Å². The molecule has 0 bridgehead atoms. The van der Waals surface area contributed by atoms with Gasteiger partial charge in [0.05, 0.1) is 0 Å². The third-order valence-electron chi connectivity index (χ3n) is 7.05. The molecule has 2 aromatic rings. The highest BCUT2D eigenvalue weighted by molar-refractivity contribution is 5.81. The van der Waals surface area contributed by atoms with Crippen LogP contribution in [-0.4, -0.2) is 37.1 Å². The minimum Gasteiger partial charge on any atom is -0.313 e. The molecule has 0 amide bonds. The van der Waals surface area contributed by atoms with Crippen molar-refractivity contribution in [3.63, 3.8) is 0 Å². The van der Waals surface area contributed by atoms with Crippen LogP contribution in [0.3, 0.4) is 0 Å². The number of hydrogen-bond donors (Lipinski definition) is 1. The lowest BCUT2D eigenvalue weighted by molar-refractivity contribution is 0.190. The van der Waals surface area contributed by atoms with E-state index in [1.807, 2.05) is 13.8 Å². The molecular weight excluding hydrogens is 436 g/mol. The van der Waals surface area contributed by atoms with Gasteiger partial charge in [-0.1, -0.05) is 108 Å². The summed E-state index contributed by atoms with van der Waals surface area (Å²) in [7, 11) is 0. The number of nitrogens with zero attached hydrogens (tertiary/aromatic N) is 1. The molecule has 1 aliphatic rings. The van der Waals surface area contributed by atoms with Crippen molar-refractivity contribution in [2.75, 3.05) is 26.2 Å². The van der Waals surface area contributed by atoms with Crippen LogP contribution >= 0.6 is 0 Å². The second-order valence-corrected chi connectivity index (χ2v) is 10.3. The van der Waals surface area contributed by atoms with E-state index < -0.39 is 0 Å². The van der Waals surface area contributed by atoms with Gasteiger partial charge >= 0.3 is 0 Å². The minimum absolute atomic E-state index is 0.758. The first-order valence-electron chi connectivity index (χ1n) is 14.7. The molecule has 0 spiro atoms. The first-order chi connectivity index (χ1) is 17.4. The monoisotopic (exact) mass is 492 g/mol. The lowest BCUT2D eigenvalue weighted by Gasteiger charge is -2.30. The van der Waals surface area contributed by atoms with Gasteiger partial charge in [-0.25, -0.2) is 0 Å². The Morgan fingerprint density at radius 3 is 2.19 bits per heavy atom. The van der Waals surface area contributed by atoms with Gasteiger partial charge in [0.25, 0.3) is 0 Å². The van der Waals surface area contributed by atoms with Crippen LogP contribution in [0.4, 0.5) is 0 Å². The Labute approximate surface area is 224 Å². The van der Waals surface area contributed by atoms with Crippen molar-refractivity contribution in [2.24, 2.45) is 5.92 Å². The third kappa shape index (κ3) is 12.9. The van der Waals surface area contributed by atoms with Gasteiger partial charge in [0, 0.05) is 19.1 Å². The molecule has 0 unspecified atom stereocenters. The summed E-state index contributed by atoms with van der Waals surface area (Å²) in [4.78, 5) is 2.63. The molecule has 1 saturated heterocycles. The molecule has 36 heavy (non-hydrogen) atoms. The molecule has 0 aliphatic carbocycles. The van der Waals surface area contributed by atoms with E-state index in [1.165, 1.54) is 92.5 Å². The number of aryl methyl sites for hydroxylation is 2. The van der Waals surface area contributed by atoms with Gasteiger partial charge in [-0.3, -0.25) is 0 Å². The summed E-state index contributed by atoms with van der Waals surface area (Å²) in [5.41, 5.74) is 6.53. The smallest absolute Gasteiger partial charge is 0.0107 e. The standard InChI is InChI=1S/C17H18.C15H32N2.C2H6/c1-13-7-6-10-16(11-13)15(3)12-17-9-5-4-8-14(17)2;1-4-6-15(7-5-2)16-10-13-17-11-8-14(3)9-12-17;1-2/h4-12H,1-3H3;14-16H,4-13H2,1-3H3;1-2H3/b15-12+;;. The van der Waals surface area contributed by atoms with Crippen LogP contribution in [0.5, 0.6) is 0 Å². The van der Waals surface area contributed by atoms with E-state index in [2.05, 4.69) is 106 Å². The molecule has 202 valence electrons. The van der Waals surface area contributed by atoms with Crippen molar-refractivity contribution in [1.29, 1.82) is 0 Å². The average molecular weight is 493 g/mol. The normalized spacial score (nSPS) is 14.6. The van der Waals surface area contributed by atoms with Crippen LogP contribution in [0.1, 0.15) is 102 Å². The number of piperidine rings is 1. The van der Waals surface area contributed by atoms with E-state index in [9.17, 15) is 0 Å². The fourth-order valence-electron chi connectivity index (χ4n) is 4.71. The van der Waals surface area contributed by atoms with E-state index >= 15 is 0 Å². The van der Waals surface area contributed by atoms with Crippen LogP contribution in [-0.2, 0) is 0 Å². The largest absolute Gasteiger partial charge is 0.313 e. The maximum absolute atomic E-state index is 3.74. The number of allylic oxidation sites excluding steroid dienone is 1. The highest BCUT2D eigenvalue weighted by atomic mass is 15.1. The van der Waals surface area contributed by atoms with Gasteiger partial charge in [0.1, 0.15) is 0 Å². The van der Waals surface area contributed by atoms with Gasteiger partial charge in [-0.15, -0.1) is 0 Å². The lowest BCUT2D eigenvalue weighted by atomic mass is 9.99. The van der Waals surface area contributed by atoms with E-state index in [4.69, 9.17) is 0 Å². The van der Waals surface area contributed by atoms with Crippen LogP contribution < -0.4 is 5.32 Å². The summed E-state index contributed by atoms with van der Waals surface area (Å²) in [6.07, 6.45) is 10.3. The van der Waals surface area contributed by atoms with Gasteiger partial charge in [0.2, 0.25) is 0 Å². The summed E-state index contributed by atoms with van der Waals surface area (Å²) < 4.78 is 0.